The Balaban J connectivity index is 2.63. The summed E-state index contributed by atoms with van der Waals surface area (Å²) < 4.78 is 1.67. The van der Waals surface area contributed by atoms with Crippen molar-refractivity contribution >= 4 is 0 Å². The smallest absolute Gasteiger partial charge is 0.138 e. The molecule has 1 aromatic heterocycles. The van der Waals surface area contributed by atoms with Gasteiger partial charge in [0.15, 0.2) is 0 Å². The van der Waals surface area contributed by atoms with Crippen LogP contribution in [-0.2, 0) is 13.5 Å². The first-order valence-electron chi connectivity index (χ1n) is 4.25. The number of nitrogens with one attached hydrogen (secondary N) is 1. The van der Waals surface area contributed by atoms with Crippen LogP contribution < -0.4 is 5.32 Å². The molecule has 0 radical (unpaired) electrons. The summed E-state index contributed by atoms with van der Waals surface area (Å²) >= 11 is 0. The van der Waals surface area contributed by atoms with Crippen molar-refractivity contribution < 1.29 is 5.11 Å². The van der Waals surface area contributed by atoms with Crippen LogP contribution in [0.4, 0.5) is 0 Å². The minimum atomic E-state index is -0.768. The number of hydrogen-bond donors (Lipinski definition) is 2. The molecule has 0 fully saturated rings. The Labute approximate surface area is 77.8 Å². The lowest BCUT2D eigenvalue weighted by Gasteiger charge is -2.21. The summed E-state index contributed by atoms with van der Waals surface area (Å²) in [6.45, 7) is 2.32. The Hall–Kier alpha value is -0.940. The van der Waals surface area contributed by atoms with Crippen LogP contribution in [0, 0.1) is 0 Å². The van der Waals surface area contributed by atoms with Crippen molar-refractivity contribution in [1.29, 1.82) is 0 Å². The SMILES string of the molecule is CNCC(C)(O)Cc1ncnn1C. The van der Waals surface area contributed by atoms with E-state index in [2.05, 4.69) is 15.4 Å². The molecule has 0 aliphatic carbocycles. The van der Waals surface area contributed by atoms with Crippen LogP contribution in [0.25, 0.3) is 0 Å². The normalized spacial score (nSPS) is 15.7. The van der Waals surface area contributed by atoms with Gasteiger partial charge < -0.3 is 10.4 Å². The van der Waals surface area contributed by atoms with Crippen molar-refractivity contribution in [2.75, 3.05) is 13.6 Å². The van der Waals surface area contributed by atoms with E-state index in [1.807, 2.05) is 14.1 Å². The fraction of sp³-hybridized carbons (Fsp3) is 0.750. The van der Waals surface area contributed by atoms with Crippen LogP contribution in [0.2, 0.25) is 0 Å². The van der Waals surface area contributed by atoms with Crippen molar-refractivity contribution in [2.24, 2.45) is 7.05 Å². The Morgan fingerprint density at radius 2 is 2.38 bits per heavy atom. The van der Waals surface area contributed by atoms with E-state index < -0.39 is 5.60 Å². The van der Waals surface area contributed by atoms with Gasteiger partial charge in [0.2, 0.25) is 0 Å². The first kappa shape index (κ1) is 10.1. The molecule has 5 heteroatoms. The van der Waals surface area contributed by atoms with Crippen molar-refractivity contribution in [3.63, 3.8) is 0 Å². The summed E-state index contributed by atoms with van der Waals surface area (Å²) in [6, 6.07) is 0. The third kappa shape index (κ3) is 2.78. The predicted molar refractivity (Wildman–Crippen MR) is 49.3 cm³/mol. The van der Waals surface area contributed by atoms with Gasteiger partial charge in [0.25, 0.3) is 0 Å². The number of rotatable bonds is 4. The van der Waals surface area contributed by atoms with Gasteiger partial charge in [-0.1, -0.05) is 0 Å². The monoisotopic (exact) mass is 184 g/mol. The average Bonchev–Trinajstić information content (AvgIpc) is 2.35. The zero-order chi connectivity index (χ0) is 9.90. The van der Waals surface area contributed by atoms with Gasteiger partial charge in [-0.25, -0.2) is 4.98 Å². The van der Waals surface area contributed by atoms with Crippen LogP contribution in [0.15, 0.2) is 6.33 Å². The van der Waals surface area contributed by atoms with Crippen molar-refractivity contribution in [3.05, 3.63) is 12.2 Å². The van der Waals surface area contributed by atoms with Gasteiger partial charge in [0.1, 0.15) is 12.2 Å². The zero-order valence-corrected chi connectivity index (χ0v) is 8.28. The molecular weight excluding hydrogens is 168 g/mol. The molecule has 1 unspecified atom stereocenters. The van der Waals surface area contributed by atoms with E-state index >= 15 is 0 Å². The molecule has 13 heavy (non-hydrogen) atoms. The van der Waals surface area contributed by atoms with Gasteiger partial charge in [0, 0.05) is 20.0 Å². The molecule has 5 nitrogen and oxygen atoms in total. The van der Waals surface area contributed by atoms with E-state index in [-0.39, 0.29) is 0 Å². The molecule has 74 valence electrons. The molecule has 1 rings (SSSR count). The van der Waals surface area contributed by atoms with E-state index in [0.717, 1.165) is 5.82 Å². The Bertz CT molecular complexity index is 269. The van der Waals surface area contributed by atoms with Gasteiger partial charge in [-0.3, -0.25) is 4.68 Å². The number of nitrogens with zero attached hydrogens (tertiary/aromatic N) is 3. The first-order valence-corrected chi connectivity index (χ1v) is 4.25. The molecule has 0 aromatic carbocycles. The molecule has 1 heterocycles. The highest BCUT2D eigenvalue weighted by Crippen LogP contribution is 2.08. The fourth-order valence-electron chi connectivity index (χ4n) is 1.26. The summed E-state index contributed by atoms with van der Waals surface area (Å²) in [4.78, 5) is 4.05. The minimum Gasteiger partial charge on any atom is -0.388 e. The molecule has 0 amide bonds. The van der Waals surface area contributed by atoms with E-state index in [0.29, 0.717) is 13.0 Å². The van der Waals surface area contributed by atoms with E-state index in [1.165, 1.54) is 6.33 Å². The summed E-state index contributed by atoms with van der Waals surface area (Å²) in [5, 5.41) is 16.7. The molecule has 1 aromatic rings. The molecule has 0 spiro atoms. The molecule has 2 N–H and O–H groups in total. The third-order valence-electron chi connectivity index (χ3n) is 1.90. The summed E-state index contributed by atoms with van der Waals surface area (Å²) in [5.41, 5.74) is -0.768. The highest BCUT2D eigenvalue weighted by Gasteiger charge is 2.22. The molecular formula is C8H16N4O. The number of aryl methyl sites for hydroxylation is 1. The maximum absolute atomic E-state index is 9.87. The first-order chi connectivity index (χ1) is 6.05. The number of likely N-dealkylation sites (N-methyl/N-ethyl adjacent to an activating group) is 1. The second-order valence-electron chi connectivity index (χ2n) is 3.50. The fourth-order valence-corrected chi connectivity index (χ4v) is 1.26. The summed E-state index contributed by atoms with van der Waals surface area (Å²) in [6.07, 6.45) is 2.00. The number of aliphatic hydroxyl groups is 1. The summed E-state index contributed by atoms with van der Waals surface area (Å²) in [5.74, 6) is 0.792. The second-order valence-corrected chi connectivity index (χ2v) is 3.50. The highest BCUT2D eigenvalue weighted by atomic mass is 16.3. The summed E-state index contributed by atoms with van der Waals surface area (Å²) in [7, 11) is 3.63. The van der Waals surface area contributed by atoms with Crippen LogP contribution >= 0.6 is 0 Å². The Morgan fingerprint density at radius 1 is 1.69 bits per heavy atom. The lowest BCUT2D eigenvalue weighted by Crippen LogP contribution is -2.39. The van der Waals surface area contributed by atoms with Gasteiger partial charge in [-0.2, -0.15) is 5.10 Å². The maximum atomic E-state index is 9.87. The van der Waals surface area contributed by atoms with Crippen LogP contribution in [-0.4, -0.2) is 39.1 Å². The number of hydrogen-bond acceptors (Lipinski definition) is 4. The minimum absolute atomic E-state index is 0.504. The Kier molecular flexibility index (Phi) is 3.00. The van der Waals surface area contributed by atoms with Gasteiger partial charge in [-0.05, 0) is 14.0 Å². The van der Waals surface area contributed by atoms with Crippen LogP contribution in [0.5, 0.6) is 0 Å². The maximum Gasteiger partial charge on any atom is 0.138 e. The van der Waals surface area contributed by atoms with E-state index in [4.69, 9.17) is 0 Å². The lowest BCUT2D eigenvalue weighted by molar-refractivity contribution is 0.0593. The molecule has 0 aliphatic rings. The van der Waals surface area contributed by atoms with Gasteiger partial charge >= 0.3 is 0 Å². The molecule has 0 saturated carbocycles. The van der Waals surface area contributed by atoms with Crippen LogP contribution in [0.3, 0.4) is 0 Å². The standard InChI is InChI=1S/C8H16N4O/c1-8(13,5-9-2)4-7-10-6-11-12(7)3/h6,9,13H,4-5H2,1-3H3. The largest absolute Gasteiger partial charge is 0.388 e. The quantitative estimate of drug-likeness (QED) is 0.651. The molecule has 0 aliphatic heterocycles. The highest BCUT2D eigenvalue weighted by molar-refractivity contribution is 4.92. The molecule has 1 atom stereocenters. The van der Waals surface area contributed by atoms with E-state index in [1.54, 1.807) is 11.6 Å². The van der Waals surface area contributed by atoms with Gasteiger partial charge in [0.05, 0.1) is 5.60 Å². The van der Waals surface area contributed by atoms with Crippen LogP contribution in [0.1, 0.15) is 12.7 Å². The average molecular weight is 184 g/mol. The van der Waals surface area contributed by atoms with Crippen molar-refractivity contribution in [1.82, 2.24) is 20.1 Å². The predicted octanol–water partition coefficient (Wildman–Crippen LogP) is -0.672. The number of aromatic nitrogens is 3. The topological polar surface area (TPSA) is 63.0 Å². The second kappa shape index (κ2) is 3.85. The molecule has 0 bridgehead atoms. The molecule has 0 saturated heterocycles. The lowest BCUT2D eigenvalue weighted by atomic mass is 10.0. The van der Waals surface area contributed by atoms with Crippen molar-refractivity contribution in [3.8, 4) is 0 Å². The van der Waals surface area contributed by atoms with E-state index in [9.17, 15) is 5.11 Å². The zero-order valence-electron chi connectivity index (χ0n) is 8.28. The third-order valence-corrected chi connectivity index (χ3v) is 1.90. The Morgan fingerprint density at radius 3 is 2.85 bits per heavy atom. The van der Waals surface area contributed by atoms with Crippen molar-refractivity contribution in [2.45, 2.75) is 18.9 Å². The van der Waals surface area contributed by atoms with Gasteiger partial charge in [-0.15, -0.1) is 0 Å².